The Bertz CT molecular complexity index is 321. The van der Waals surface area contributed by atoms with Crippen molar-refractivity contribution in [3.05, 3.63) is 24.0 Å². The van der Waals surface area contributed by atoms with Crippen LogP contribution in [0.5, 0.6) is 0 Å². The average Bonchev–Trinajstić information content (AvgIpc) is 2.80. The third kappa shape index (κ3) is 4.71. The molecule has 98 valence electrons. The molecule has 0 aromatic heterocycles. The van der Waals surface area contributed by atoms with Crippen LogP contribution in [0.25, 0.3) is 0 Å². The largest absolute Gasteiger partial charge is 0.464 e. The molecule has 0 atom stereocenters. The van der Waals surface area contributed by atoms with Gasteiger partial charge in [0.25, 0.3) is 0 Å². The minimum absolute atomic E-state index is 0.953. The van der Waals surface area contributed by atoms with Crippen LogP contribution in [0.15, 0.2) is 28.7 Å². The number of allylic oxidation sites excluding steroid dienone is 3. The fraction of sp³-hybridized carbons (Fsp3) is 0.714. The maximum atomic E-state index is 6.32. The van der Waals surface area contributed by atoms with Crippen molar-refractivity contribution in [1.82, 2.24) is 0 Å². The van der Waals surface area contributed by atoms with Gasteiger partial charge in [-0.05, 0) is 25.3 Å². The van der Waals surface area contributed by atoms with Gasteiger partial charge in [0.1, 0.15) is 13.0 Å². The molecule has 3 heteroatoms. The first-order chi connectivity index (χ1) is 8.26. The van der Waals surface area contributed by atoms with Crippen LogP contribution in [-0.2, 0) is 4.52 Å². The third-order valence-corrected chi connectivity index (χ3v) is 6.33. The lowest BCUT2D eigenvalue weighted by Gasteiger charge is -2.26. The van der Waals surface area contributed by atoms with E-state index in [1.165, 1.54) is 12.8 Å². The van der Waals surface area contributed by atoms with Crippen LogP contribution in [0, 0.1) is 0 Å². The van der Waals surface area contributed by atoms with Crippen LogP contribution in [0.1, 0.15) is 46.5 Å². The van der Waals surface area contributed by atoms with Crippen molar-refractivity contribution < 1.29 is 4.52 Å². The van der Waals surface area contributed by atoms with Crippen molar-refractivity contribution in [3.8, 4) is 0 Å². The van der Waals surface area contributed by atoms with E-state index < -0.39 is 7.28 Å². The number of hydrogen-bond acceptors (Lipinski definition) is 2. The fourth-order valence-corrected chi connectivity index (χ4v) is 5.35. The second-order valence-electron chi connectivity index (χ2n) is 4.52. The molecule has 0 spiro atoms. The molecule has 0 unspecified atom stereocenters. The predicted octanol–water partition coefficient (Wildman–Crippen LogP) is 5.19. The lowest BCUT2D eigenvalue weighted by Crippen LogP contribution is -2.00. The summed E-state index contributed by atoms with van der Waals surface area (Å²) in [6.45, 7) is 7.61. The highest BCUT2D eigenvalue weighted by Gasteiger charge is 2.21. The first-order valence-electron chi connectivity index (χ1n) is 6.87. The summed E-state index contributed by atoms with van der Waals surface area (Å²) in [6.07, 6.45) is 13.0. The Kier molecular flexibility index (Phi) is 6.65. The molecule has 0 radical (unpaired) electrons. The molecule has 0 aliphatic heterocycles. The highest BCUT2D eigenvalue weighted by atomic mass is 31.2. The summed E-state index contributed by atoms with van der Waals surface area (Å²) in [5, 5.41) is 0. The highest BCUT2D eigenvalue weighted by Crippen LogP contribution is 2.54. The molecule has 1 rings (SSSR count). The van der Waals surface area contributed by atoms with Gasteiger partial charge >= 0.3 is 0 Å². The van der Waals surface area contributed by atoms with E-state index in [9.17, 15) is 0 Å². The van der Waals surface area contributed by atoms with E-state index in [0.717, 1.165) is 37.5 Å². The van der Waals surface area contributed by atoms with Gasteiger partial charge < -0.3 is 4.52 Å². The Morgan fingerprint density at radius 2 is 1.88 bits per heavy atom. The summed E-state index contributed by atoms with van der Waals surface area (Å²) in [5.74, 6) is 1.13. The molecule has 0 bridgehead atoms. The Morgan fingerprint density at radius 1 is 1.18 bits per heavy atom. The monoisotopic (exact) mass is 255 g/mol. The van der Waals surface area contributed by atoms with Gasteiger partial charge in [-0.15, -0.1) is 0 Å². The number of hydrogen-bond donors (Lipinski definition) is 0. The lowest BCUT2D eigenvalue weighted by atomic mass is 10.4. The first-order valence-corrected chi connectivity index (χ1v) is 8.90. The minimum atomic E-state index is -1.55. The number of nitrogens with zero attached hydrogens (tertiary/aromatic N) is 1. The van der Waals surface area contributed by atoms with E-state index in [0.29, 0.717) is 0 Å². The third-order valence-electron chi connectivity index (χ3n) is 2.75. The highest BCUT2D eigenvalue weighted by molar-refractivity contribution is 7.61. The van der Waals surface area contributed by atoms with Crippen LogP contribution in [0.4, 0.5) is 0 Å². The zero-order chi connectivity index (χ0) is 12.6. The summed E-state index contributed by atoms with van der Waals surface area (Å²) in [5.41, 5.74) is 0. The van der Waals surface area contributed by atoms with Gasteiger partial charge in [-0.2, -0.15) is 0 Å². The number of rotatable bonds is 8. The van der Waals surface area contributed by atoms with Crippen molar-refractivity contribution in [3.63, 3.8) is 0 Å². The molecule has 0 amide bonds. The Morgan fingerprint density at radius 3 is 2.35 bits per heavy atom. The van der Waals surface area contributed by atoms with Crippen LogP contribution in [0.3, 0.4) is 0 Å². The average molecular weight is 255 g/mol. The predicted molar refractivity (Wildman–Crippen MR) is 77.7 cm³/mol. The van der Waals surface area contributed by atoms with E-state index in [1.54, 1.807) is 0 Å². The van der Waals surface area contributed by atoms with Gasteiger partial charge in [-0.1, -0.05) is 32.9 Å². The van der Waals surface area contributed by atoms with Crippen LogP contribution in [-0.4, -0.2) is 18.9 Å². The Hall–Kier alpha value is -0.490. The summed E-state index contributed by atoms with van der Waals surface area (Å²) in [6, 6.07) is 0. The normalized spacial score (nSPS) is 14.9. The summed E-state index contributed by atoms with van der Waals surface area (Å²) >= 11 is 0. The molecule has 1 aliphatic carbocycles. The van der Waals surface area contributed by atoms with Crippen LogP contribution < -0.4 is 0 Å². The second kappa shape index (κ2) is 7.76. The Labute approximate surface area is 106 Å². The lowest BCUT2D eigenvalue weighted by molar-refractivity contribution is 0.451. The van der Waals surface area contributed by atoms with Crippen molar-refractivity contribution in [1.29, 1.82) is 0 Å². The van der Waals surface area contributed by atoms with E-state index in [2.05, 4.69) is 39.0 Å². The summed E-state index contributed by atoms with van der Waals surface area (Å²) in [7, 11) is -1.55. The molecule has 0 saturated carbocycles. The molecule has 1 aliphatic rings. The van der Waals surface area contributed by atoms with E-state index >= 15 is 0 Å². The van der Waals surface area contributed by atoms with Crippen molar-refractivity contribution in [2.45, 2.75) is 46.5 Å². The SMILES string of the molecule is CCCN=P(CCC)(CCC)OC1=CC=CC1. The maximum absolute atomic E-state index is 6.32. The molecule has 0 aromatic rings. The summed E-state index contributed by atoms with van der Waals surface area (Å²) < 4.78 is 11.3. The molecule has 17 heavy (non-hydrogen) atoms. The zero-order valence-corrected chi connectivity index (χ0v) is 12.4. The second-order valence-corrected chi connectivity index (χ2v) is 7.57. The topological polar surface area (TPSA) is 21.6 Å². The van der Waals surface area contributed by atoms with Crippen molar-refractivity contribution in [2.24, 2.45) is 4.74 Å². The molecule has 0 aromatic carbocycles. The van der Waals surface area contributed by atoms with Crippen LogP contribution in [0.2, 0.25) is 0 Å². The standard InChI is InChI=1S/C14H26NOP/c1-4-11-15-17(12-5-2,13-6-3)16-14-9-7-8-10-14/h7-9H,4-6,10-13H2,1-3H3. The molecule has 2 nitrogen and oxygen atoms in total. The van der Waals surface area contributed by atoms with Crippen molar-refractivity contribution in [2.75, 3.05) is 18.9 Å². The molecular weight excluding hydrogens is 229 g/mol. The van der Waals surface area contributed by atoms with Crippen LogP contribution >= 0.6 is 7.28 Å². The molecule has 0 heterocycles. The molecular formula is C14H26NOP. The fourth-order valence-electron chi connectivity index (χ4n) is 2.07. The first kappa shape index (κ1) is 14.6. The summed E-state index contributed by atoms with van der Waals surface area (Å²) in [4.78, 5) is 0. The zero-order valence-electron chi connectivity index (χ0n) is 11.5. The van der Waals surface area contributed by atoms with Gasteiger partial charge in [0.05, 0.1) is 0 Å². The van der Waals surface area contributed by atoms with Gasteiger partial charge in [0.2, 0.25) is 0 Å². The smallest absolute Gasteiger partial charge is 0.133 e. The van der Waals surface area contributed by atoms with E-state index in [-0.39, 0.29) is 0 Å². The molecule has 0 N–H and O–H groups in total. The van der Waals surface area contributed by atoms with Gasteiger partial charge in [-0.3, -0.25) is 4.74 Å². The molecule has 0 saturated heterocycles. The molecule has 0 fully saturated rings. The quantitative estimate of drug-likeness (QED) is 0.547. The maximum Gasteiger partial charge on any atom is 0.133 e. The van der Waals surface area contributed by atoms with E-state index in [1.807, 2.05) is 0 Å². The van der Waals surface area contributed by atoms with Gasteiger partial charge in [0.15, 0.2) is 0 Å². The van der Waals surface area contributed by atoms with Gasteiger partial charge in [-0.25, -0.2) is 0 Å². The van der Waals surface area contributed by atoms with Gasteiger partial charge in [0, 0.05) is 25.3 Å². The van der Waals surface area contributed by atoms with E-state index in [4.69, 9.17) is 9.27 Å². The van der Waals surface area contributed by atoms with Crippen molar-refractivity contribution >= 4 is 7.28 Å². The Balaban J connectivity index is 2.80. The minimum Gasteiger partial charge on any atom is -0.464 e.